The number of carbonyl (C=O) groups is 1. The van der Waals surface area contributed by atoms with Crippen molar-refractivity contribution in [3.05, 3.63) is 45.8 Å². The number of pyridine rings is 2. The topological polar surface area (TPSA) is 94.8 Å². The highest BCUT2D eigenvalue weighted by atomic mass is 79.9. The van der Waals surface area contributed by atoms with Crippen LogP contribution < -0.4 is 10.1 Å². The van der Waals surface area contributed by atoms with Crippen molar-refractivity contribution in [2.45, 2.75) is 0 Å². The lowest BCUT2D eigenvalue weighted by Crippen LogP contribution is -2.18. The summed E-state index contributed by atoms with van der Waals surface area (Å²) in [5.74, 6) is -0.134. The van der Waals surface area contributed by atoms with Crippen molar-refractivity contribution in [2.24, 2.45) is 7.05 Å². The predicted octanol–water partition coefficient (Wildman–Crippen LogP) is 2.95. The average molecular weight is 424 g/mol. The number of nitrogens with one attached hydrogen (secondary N) is 1. The number of anilines is 1. The molecular formula is C15H12BrClN6O2. The van der Waals surface area contributed by atoms with Gasteiger partial charge in [0.05, 0.1) is 17.8 Å². The largest absolute Gasteiger partial charge is 0.479 e. The average Bonchev–Trinajstić information content (AvgIpc) is 2.98. The molecule has 0 saturated carbocycles. The Labute approximate surface area is 156 Å². The van der Waals surface area contributed by atoms with Gasteiger partial charge in [0.2, 0.25) is 5.88 Å². The number of rotatable bonds is 4. The molecular weight excluding hydrogens is 412 g/mol. The molecule has 0 spiro atoms. The van der Waals surface area contributed by atoms with Crippen molar-refractivity contribution >= 4 is 39.1 Å². The Balaban J connectivity index is 1.96. The highest BCUT2D eigenvalue weighted by Crippen LogP contribution is 2.26. The van der Waals surface area contributed by atoms with Crippen molar-refractivity contribution in [3.63, 3.8) is 0 Å². The van der Waals surface area contributed by atoms with Crippen LogP contribution in [0.25, 0.3) is 11.4 Å². The molecule has 25 heavy (non-hydrogen) atoms. The fourth-order valence-electron chi connectivity index (χ4n) is 2.15. The zero-order valence-electron chi connectivity index (χ0n) is 13.2. The number of nitrogens with zero attached hydrogens (tertiary/aromatic N) is 5. The molecule has 0 atom stereocenters. The van der Waals surface area contributed by atoms with Gasteiger partial charge < -0.3 is 10.1 Å². The molecule has 3 heterocycles. The van der Waals surface area contributed by atoms with Crippen LogP contribution in [0, 0.1) is 0 Å². The minimum absolute atomic E-state index is 0.250. The van der Waals surface area contributed by atoms with Crippen LogP contribution in [0.5, 0.6) is 5.88 Å². The quantitative estimate of drug-likeness (QED) is 0.648. The van der Waals surface area contributed by atoms with Crippen molar-refractivity contribution in [2.75, 3.05) is 12.4 Å². The number of aromatic nitrogens is 5. The van der Waals surface area contributed by atoms with Gasteiger partial charge in [-0.2, -0.15) is 0 Å². The summed E-state index contributed by atoms with van der Waals surface area (Å²) in [5, 5.41) is 11.2. The van der Waals surface area contributed by atoms with Crippen LogP contribution in [0.2, 0.25) is 5.02 Å². The number of ether oxygens (including phenoxy) is 1. The molecule has 0 radical (unpaired) electrons. The lowest BCUT2D eigenvalue weighted by atomic mass is 10.2. The fourth-order valence-corrected chi connectivity index (χ4v) is 2.56. The van der Waals surface area contributed by atoms with Gasteiger partial charge in [0.1, 0.15) is 16.0 Å². The summed E-state index contributed by atoms with van der Waals surface area (Å²) in [5.41, 5.74) is 1.51. The molecule has 0 saturated heterocycles. The Morgan fingerprint density at radius 2 is 2.12 bits per heavy atom. The number of hydrogen-bond acceptors (Lipinski definition) is 6. The van der Waals surface area contributed by atoms with E-state index in [0.29, 0.717) is 26.7 Å². The lowest BCUT2D eigenvalue weighted by Gasteiger charge is -2.10. The number of amides is 1. The summed E-state index contributed by atoms with van der Waals surface area (Å²) in [6.45, 7) is 0. The monoisotopic (exact) mass is 422 g/mol. The zero-order valence-corrected chi connectivity index (χ0v) is 15.5. The van der Waals surface area contributed by atoms with E-state index in [9.17, 15) is 4.79 Å². The third-order valence-corrected chi connectivity index (χ3v) is 3.94. The Hall–Kier alpha value is -2.52. The molecule has 1 N–H and O–H groups in total. The lowest BCUT2D eigenvalue weighted by molar-refractivity contribution is 0.101. The van der Waals surface area contributed by atoms with E-state index in [2.05, 4.69) is 41.5 Å². The van der Waals surface area contributed by atoms with Crippen LogP contribution in [-0.2, 0) is 7.05 Å². The highest BCUT2D eigenvalue weighted by molar-refractivity contribution is 9.10. The molecule has 128 valence electrons. The van der Waals surface area contributed by atoms with Gasteiger partial charge in [-0.1, -0.05) is 16.8 Å². The first kappa shape index (κ1) is 17.3. The van der Waals surface area contributed by atoms with Crippen molar-refractivity contribution < 1.29 is 9.53 Å². The number of carbonyl (C=O) groups excluding carboxylic acids is 1. The zero-order chi connectivity index (χ0) is 18.0. The molecule has 3 aromatic rings. The maximum Gasteiger partial charge on any atom is 0.276 e. The van der Waals surface area contributed by atoms with E-state index in [0.717, 1.165) is 0 Å². The minimum atomic E-state index is -0.415. The molecule has 0 unspecified atom stereocenters. The molecule has 0 fully saturated rings. The van der Waals surface area contributed by atoms with Gasteiger partial charge >= 0.3 is 0 Å². The third kappa shape index (κ3) is 3.62. The van der Waals surface area contributed by atoms with Gasteiger partial charge in [-0.05, 0) is 40.2 Å². The van der Waals surface area contributed by atoms with E-state index in [1.807, 2.05) is 0 Å². The Morgan fingerprint density at radius 3 is 2.80 bits per heavy atom. The molecule has 0 aliphatic carbocycles. The van der Waals surface area contributed by atoms with Crippen LogP contribution in [0.3, 0.4) is 0 Å². The number of aryl methyl sites for hydroxylation is 1. The molecule has 10 heteroatoms. The van der Waals surface area contributed by atoms with E-state index in [-0.39, 0.29) is 11.6 Å². The van der Waals surface area contributed by atoms with Crippen LogP contribution in [0.15, 0.2) is 35.1 Å². The standard InChI is InChI=1S/C15H12BrClN6O2/c1-23-13(12(21-22-23)9-4-3-8(17)7-18-9)14(24)19-10-5-6-11(16)20-15(10)25-2/h3-7H,1-2H3,(H,19,24). The Morgan fingerprint density at radius 1 is 1.32 bits per heavy atom. The normalized spacial score (nSPS) is 10.6. The van der Waals surface area contributed by atoms with Crippen LogP contribution in [0.4, 0.5) is 5.69 Å². The van der Waals surface area contributed by atoms with E-state index >= 15 is 0 Å². The first-order valence-electron chi connectivity index (χ1n) is 7.03. The summed E-state index contributed by atoms with van der Waals surface area (Å²) in [7, 11) is 3.09. The van der Waals surface area contributed by atoms with Gasteiger partial charge in [0.15, 0.2) is 5.69 Å². The predicted molar refractivity (Wildman–Crippen MR) is 95.7 cm³/mol. The van der Waals surface area contributed by atoms with Gasteiger partial charge in [-0.3, -0.25) is 9.78 Å². The molecule has 3 aromatic heterocycles. The summed E-state index contributed by atoms with van der Waals surface area (Å²) < 4.78 is 7.15. The second kappa shape index (κ2) is 7.16. The van der Waals surface area contributed by atoms with E-state index in [1.165, 1.54) is 18.0 Å². The van der Waals surface area contributed by atoms with Gasteiger partial charge in [0.25, 0.3) is 5.91 Å². The summed E-state index contributed by atoms with van der Waals surface area (Å²) in [6, 6.07) is 6.71. The second-order valence-corrected chi connectivity index (χ2v) is 6.17. The van der Waals surface area contributed by atoms with Crippen LogP contribution in [-0.4, -0.2) is 38.0 Å². The number of hydrogen-bond donors (Lipinski definition) is 1. The van der Waals surface area contributed by atoms with Crippen molar-refractivity contribution in [1.29, 1.82) is 0 Å². The highest BCUT2D eigenvalue weighted by Gasteiger charge is 2.22. The van der Waals surface area contributed by atoms with Gasteiger partial charge in [-0.25, -0.2) is 9.67 Å². The third-order valence-electron chi connectivity index (χ3n) is 3.28. The van der Waals surface area contributed by atoms with Crippen molar-refractivity contribution in [1.82, 2.24) is 25.0 Å². The molecule has 0 bridgehead atoms. The van der Waals surface area contributed by atoms with Gasteiger partial charge in [0, 0.05) is 13.2 Å². The smallest absolute Gasteiger partial charge is 0.276 e. The summed E-state index contributed by atoms with van der Waals surface area (Å²) >= 11 is 9.11. The minimum Gasteiger partial charge on any atom is -0.479 e. The first-order valence-corrected chi connectivity index (χ1v) is 8.20. The number of halogens is 2. The molecule has 3 rings (SSSR count). The number of methoxy groups -OCH3 is 1. The Bertz CT molecular complexity index is 928. The summed E-state index contributed by atoms with van der Waals surface area (Å²) in [6.07, 6.45) is 1.48. The summed E-state index contributed by atoms with van der Waals surface area (Å²) in [4.78, 5) is 21.1. The molecule has 1 amide bonds. The SMILES string of the molecule is COc1nc(Br)ccc1NC(=O)c1c(-c2ccc(Cl)cn2)nnn1C. The van der Waals surface area contributed by atoms with E-state index in [1.54, 1.807) is 31.3 Å². The molecule has 0 aromatic carbocycles. The maximum absolute atomic E-state index is 12.7. The Kier molecular flexibility index (Phi) is 4.95. The molecule has 0 aliphatic rings. The first-order chi connectivity index (χ1) is 12.0. The van der Waals surface area contributed by atoms with Crippen LogP contribution in [0.1, 0.15) is 10.5 Å². The maximum atomic E-state index is 12.7. The van der Waals surface area contributed by atoms with Gasteiger partial charge in [-0.15, -0.1) is 5.10 Å². The van der Waals surface area contributed by atoms with E-state index in [4.69, 9.17) is 16.3 Å². The van der Waals surface area contributed by atoms with Crippen LogP contribution >= 0.6 is 27.5 Å². The van der Waals surface area contributed by atoms with E-state index < -0.39 is 5.91 Å². The fraction of sp³-hybridized carbons (Fsp3) is 0.133. The van der Waals surface area contributed by atoms with Crippen molar-refractivity contribution in [3.8, 4) is 17.3 Å². The molecule has 8 nitrogen and oxygen atoms in total. The second-order valence-electron chi connectivity index (χ2n) is 4.92. The molecule has 0 aliphatic heterocycles.